The van der Waals surface area contributed by atoms with Crippen LogP contribution in [-0.4, -0.2) is 27.6 Å². The van der Waals surface area contributed by atoms with Gasteiger partial charge in [-0.15, -0.1) is 0 Å². The number of aromatic hydroxyl groups is 1. The van der Waals surface area contributed by atoms with E-state index < -0.39 is 0 Å². The van der Waals surface area contributed by atoms with Crippen LogP contribution in [0.2, 0.25) is 0 Å². The van der Waals surface area contributed by atoms with Crippen LogP contribution >= 0.6 is 0 Å². The van der Waals surface area contributed by atoms with Crippen LogP contribution in [0.3, 0.4) is 0 Å². The quantitative estimate of drug-likeness (QED) is 0.873. The van der Waals surface area contributed by atoms with Crippen LogP contribution in [0.4, 0.5) is 0 Å². The molecule has 1 atom stereocenters. The van der Waals surface area contributed by atoms with Crippen LogP contribution in [0.1, 0.15) is 44.0 Å². The van der Waals surface area contributed by atoms with Crippen molar-refractivity contribution in [2.45, 2.75) is 52.1 Å². The molecule has 1 saturated heterocycles. The van der Waals surface area contributed by atoms with Gasteiger partial charge in [-0.05, 0) is 44.9 Å². The van der Waals surface area contributed by atoms with E-state index in [0.717, 1.165) is 24.5 Å². The van der Waals surface area contributed by atoms with E-state index in [-0.39, 0.29) is 0 Å². The number of aromatic nitrogens is 1. The summed E-state index contributed by atoms with van der Waals surface area (Å²) in [7, 11) is 0. The molecule has 0 aliphatic carbocycles. The normalized spacial score (nSPS) is 21.6. The van der Waals surface area contributed by atoms with Crippen molar-refractivity contribution in [2.24, 2.45) is 0 Å². The SMILES string of the molecule is CCC1CCCCN1Cc1nc(C)ccc1O. The van der Waals surface area contributed by atoms with Gasteiger partial charge < -0.3 is 5.11 Å². The average molecular weight is 234 g/mol. The second-order valence-electron chi connectivity index (χ2n) is 4.95. The van der Waals surface area contributed by atoms with Gasteiger partial charge in [0, 0.05) is 18.3 Å². The minimum atomic E-state index is 0.330. The number of piperidine rings is 1. The molecule has 1 aliphatic heterocycles. The Morgan fingerprint density at radius 3 is 3.00 bits per heavy atom. The van der Waals surface area contributed by atoms with Crippen molar-refractivity contribution in [2.75, 3.05) is 6.54 Å². The molecule has 0 aromatic carbocycles. The Hall–Kier alpha value is -1.09. The second-order valence-corrected chi connectivity index (χ2v) is 4.95. The standard InChI is InChI=1S/C14H22N2O/c1-3-12-6-4-5-9-16(12)10-13-14(17)8-7-11(2)15-13/h7-8,12,17H,3-6,9-10H2,1-2H3. The van der Waals surface area contributed by atoms with Crippen LogP contribution in [-0.2, 0) is 6.54 Å². The van der Waals surface area contributed by atoms with Crippen LogP contribution < -0.4 is 0 Å². The molecule has 3 nitrogen and oxygen atoms in total. The Balaban J connectivity index is 2.10. The van der Waals surface area contributed by atoms with Crippen molar-refractivity contribution in [3.63, 3.8) is 0 Å². The monoisotopic (exact) mass is 234 g/mol. The summed E-state index contributed by atoms with van der Waals surface area (Å²) >= 11 is 0. The number of nitrogens with zero attached hydrogens (tertiary/aromatic N) is 2. The zero-order valence-corrected chi connectivity index (χ0v) is 10.8. The lowest BCUT2D eigenvalue weighted by atomic mass is 10.00. The van der Waals surface area contributed by atoms with E-state index in [2.05, 4.69) is 16.8 Å². The maximum atomic E-state index is 9.84. The number of pyridine rings is 1. The van der Waals surface area contributed by atoms with E-state index in [1.54, 1.807) is 6.07 Å². The highest BCUT2D eigenvalue weighted by atomic mass is 16.3. The molecule has 1 N–H and O–H groups in total. The predicted octanol–water partition coefficient (Wildman–Crippen LogP) is 2.86. The molecule has 0 radical (unpaired) electrons. The summed E-state index contributed by atoms with van der Waals surface area (Å²) in [6, 6.07) is 4.26. The number of rotatable bonds is 3. The fraction of sp³-hybridized carbons (Fsp3) is 0.643. The van der Waals surface area contributed by atoms with E-state index in [9.17, 15) is 5.11 Å². The fourth-order valence-corrected chi connectivity index (χ4v) is 2.64. The number of hydrogen-bond donors (Lipinski definition) is 1. The minimum absolute atomic E-state index is 0.330. The largest absolute Gasteiger partial charge is 0.506 e. The zero-order chi connectivity index (χ0) is 12.3. The molecule has 1 fully saturated rings. The molecular weight excluding hydrogens is 212 g/mol. The highest BCUT2D eigenvalue weighted by Gasteiger charge is 2.22. The van der Waals surface area contributed by atoms with Crippen molar-refractivity contribution in [1.29, 1.82) is 0 Å². The summed E-state index contributed by atoms with van der Waals surface area (Å²) < 4.78 is 0. The van der Waals surface area contributed by atoms with Crippen LogP contribution in [0.5, 0.6) is 5.75 Å². The van der Waals surface area contributed by atoms with E-state index >= 15 is 0 Å². The van der Waals surface area contributed by atoms with Gasteiger partial charge in [-0.2, -0.15) is 0 Å². The third-order valence-corrected chi connectivity index (χ3v) is 3.66. The second kappa shape index (κ2) is 5.50. The van der Waals surface area contributed by atoms with Gasteiger partial charge in [-0.25, -0.2) is 0 Å². The molecular formula is C14H22N2O. The molecule has 0 amide bonds. The number of likely N-dealkylation sites (tertiary alicyclic amines) is 1. The van der Waals surface area contributed by atoms with Gasteiger partial charge in [-0.1, -0.05) is 13.3 Å². The zero-order valence-electron chi connectivity index (χ0n) is 10.8. The van der Waals surface area contributed by atoms with Gasteiger partial charge in [0.1, 0.15) is 5.75 Å². The summed E-state index contributed by atoms with van der Waals surface area (Å²) in [5, 5.41) is 9.84. The lowest BCUT2D eigenvalue weighted by Crippen LogP contribution is -2.38. The lowest BCUT2D eigenvalue weighted by molar-refractivity contribution is 0.133. The molecule has 0 saturated carbocycles. The lowest BCUT2D eigenvalue weighted by Gasteiger charge is -2.35. The van der Waals surface area contributed by atoms with Crippen molar-refractivity contribution >= 4 is 0 Å². The molecule has 1 aromatic rings. The molecule has 2 rings (SSSR count). The number of hydrogen-bond acceptors (Lipinski definition) is 3. The molecule has 0 bridgehead atoms. The highest BCUT2D eigenvalue weighted by Crippen LogP contribution is 2.24. The smallest absolute Gasteiger partial charge is 0.138 e. The predicted molar refractivity (Wildman–Crippen MR) is 69.0 cm³/mol. The van der Waals surface area contributed by atoms with Crippen molar-refractivity contribution < 1.29 is 5.11 Å². The van der Waals surface area contributed by atoms with E-state index in [4.69, 9.17) is 0 Å². The van der Waals surface area contributed by atoms with Crippen LogP contribution in [0, 0.1) is 6.92 Å². The molecule has 1 aromatic heterocycles. The van der Waals surface area contributed by atoms with Gasteiger partial charge in [-0.3, -0.25) is 9.88 Å². The van der Waals surface area contributed by atoms with Gasteiger partial charge in [0.05, 0.1) is 5.69 Å². The summed E-state index contributed by atoms with van der Waals surface area (Å²) in [4.78, 5) is 6.91. The Bertz CT molecular complexity index is 378. The first-order valence-electron chi connectivity index (χ1n) is 6.60. The van der Waals surface area contributed by atoms with Crippen LogP contribution in [0.15, 0.2) is 12.1 Å². The molecule has 17 heavy (non-hydrogen) atoms. The Labute approximate surface area is 103 Å². The Morgan fingerprint density at radius 1 is 1.41 bits per heavy atom. The Morgan fingerprint density at radius 2 is 2.24 bits per heavy atom. The Kier molecular flexibility index (Phi) is 4.00. The van der Waals surface area contributed by atoms with Gasteiger partial charge in [0.25, 0.3) is 0 Å². The van der Waals surface area contributed by atoms with Crippen LogP contribution in [0.25, 0.3) is 0 Å². The molecule has 0 spiro atoms. The molecule has 2 heterocycles. The third-order valence-electron chi connectivity index (χ3n) is 3.66. The first kappa shape index (κ1) is 12.4. The maximum absolute atomic E-state index is 9.84. The highest BCUT2D eigenvalue weighted by molar-refractivity contribution is 5.27. The van der Waals surface area contributed by atoms with E-state index in [0.29, 0.717) is 11.8 Å². The first-order chi connectivity index (χ1) is 8.20. The summed E-state index contributed by atoms with van der Waals surface area (Å²) in [6.45, 7) is 6.13. The summed E-state index contributed by atoms with van der Waals surface area (Å²) in [5.74, 6) is 0.330. The maximum Gasteiger partial charge on any atom is 0.138 e. The molecule has 1 unspecified atom stereocenters. The van der Waals surface area contributed by atoms with E-state index in [1.165, 1.54) is 25.7 Å². The fourth-order valence-electron chi connectivity index (χ4n) is 2.64. The third kappa shape index (κ3) is 2.97. The molecule has 3 heteroatoms. The van der Waals surface area contributed by atoms with Crippen molar-refractivity contribution in [3.05, 3.63) is 23.5 Å². The molecule has 1 aliphatic rings. The van der Waals surface area contributed by atoms with E-state index in [1.807, 2.05) is 13.0 Å². The molecule has 94 valence electrons. The topological polar surface area (TPSA) is 36.4 Å². The van der Waals surface area contributed by atoms with Crippen molar-refractivity contribution in [1.82, 2.24) is 9.88 Å². The summed E-state index contributed by atoms with van der Waals surface area (Å²) in [5.41, 5.74) is 1.80. The first-order valence-corrected chi connectivity index (χ1v) is 6.60. The summed E-state index contributed by atoms with van der Waals surface area (Å²) in [6.07, 6.45) is 5.07. The number of aryl methyl sites for hydroxylation is 1. The van der Waals surface area contributed by atoms with Crippen molar-refractivity contribution in [3.8, 4) is 5.75 Å². The van der Waals surface area contributed by atoms with Gasteiger partial charge in [0.2, 0.25) is 0 Å². The van der Waals surface area contributed by atoms with Gasteiger partial charge >= 0.3 is 0 Å². The van der Waals surface area contributed by atoms with Gasteiger partial charge in [0.15, 0.2) is 0 Å². The average Bonchev–Trinajstić information content (AvgIpc) is 2.34. The minimum Gasteiger partial charge on any atom is -0.506 e.